The number of likely N-dealkylation sites (N-methyl/N-ethyl adjacent to an activating group) is 1. The van der Waals surface area contributed by atoms with Gasteiger partial charge in [0.25, 0.3) is 5.91 Å². The van der Waals surface area contributed by atoms with Crippen molar-refractivity contribution in [3.63, 3.8) is 0 Å². The number of carbonyl (C=O) groups is 2. The van der Waals surface area contributed by atoms with E-state index in [1.807, 2.05) is 30.5 Å². The van der Waals surface area contributed by atoms with Crippen LogP contribution in [0, 0.1) is 19.7 Å². The number of benzene rings is 1. The van der Waals surface area contributed by atoms with Crippen LogP contribution in [0.1, 0.15) is 23.9 Å². The first-order valence-electron chi connectivity index (χ1n) is 7.71. The Labute approximate surface area is 139 Å². The van der Waals surface area contributed by atoms with Crippen LogP contribution in [0.4, 0.5) is 9.18 Å². The van der Waals surface area contributed by atoms with E-state index >= 15 is 0 Å². The zero-order valence-electron chi connectivity index (χ0n) is 13.8. The summed E-state index contributed by atoms with van der Waals surface area (Å²) in [7, 11) is 0. The first-order valence-corrected chi connectivity index (χ1v) is 7.71. The van der Waals surface area contributed by atoms with E-state index in [0.29, 0.717) is 12.2 Å². The molecule has 0 aliphatic carbocycles. The van der Waals surface area contributed by atoms with E-state index in [1.165, 1.54) is 12.1 Å². The van der Waals surface area contributed by atoms with E-state index in [-0.39, 0.29) is 17.4 Å². The van der Waals surface area contributed by atoms with Crippen molar-refractivity contribution in [3.05, 3.63) is 58.8 Å². The van der Waals surface area contributed by atoms with Gasteiger partial charge in [0.1, 0.15) is 11.5 Å². The van der Waals surface area contributed by atoms with Crippen molar-refractivity contribution in [3.8, 4) is 5.69 Å². The lowest BCUT2D eigenvalue weighted by molar-refractivity contribution is -0.122. The Morgan fingerprint density at radius 1 is 1.21 bits per heavy atom. The normalized spacial score (nSPS) is 16.2. The number of aryl methyl sites for hydroxylation is 1. The molecule has 124 valence electrons. The summed E-state index contributed by atoms with van der Waals surface area (Å²) in [5.74, 6) is -0.644. The maximum absolute atomic E-state index is 13.5. The molecule has 3 rings (SSSR count). The van der Waals surface area contributed by atoms with Gasteiger partial charge < -0.3 is 9.88 Å². The Morgan fingerprint density at radius 3 is 2.58 bits per heavy atom. The largest absolute Gasteiger partial charge is 0.328 e. The van der Waals surface area contributed by atoms with Gasteiger partial charge >= 0.3 is 6.03 Å². The summed E-state index contributed by atoms with van der Waals surface area (Å²) in [5, 5.41) is 2.59. The number of imide groups is 1. The molecule has 0 radical (unpaired) electrons. The molecule has 0 atom stereocenters. The molecule has 0 bridgehead atoms. The number of hydrogen-bond donors (Lipinski definition) is 1. The summed E-state index contributed by atoms with van der Waals surface area (Å²) in [4.78, 5) is 25.1. The second kappa shape index (κ2) is 5.96. The lowest BCUT2D eigenvalue weighted by atomic mass is 10.2. The predicted molar refractivity (Wildman–Crippen MR) is 89.1 cm³/mol. The molecular formula is C18H18FN3O2. The van der Waals surface area contributed by atoms with Crippen molar-refractivity contribution in [2.75, 3.05) is 6.54 Å². The number of halogens is 1. The number of hydrogen-bond acceptors (Lipinski definition) is 2. The lowest BCUT2D eigenvalue weighted by Crippen LogP contribution is -2.30. The summed E-state index contributed by atoms with van der Waals surface area (Å²) in [6.07, 6.45) is 1.66. The molecular weight excluding hydrogens is 309 g/mol. The molecule has 0 unspecified atom stereocenters. The molecule has 0 spiro atoms. The van der Waals surface area contributed by atoms with E-state index in [2.05, 4.69) is 5.32 Å². The summed E-state index contributed by atoms with van der Waals surface area (Å²) < 4.78 is 15.4. The van der Waals surface area contributed by atoms with Crippen LogP contribution >= 0.6 is 0 Å². The molecule has 0 saturated carbocycles. The fraction of sp³-hybridized carbons (Fsp3) is 0.222. The van der Waals surface area contributed by atoms with Crippen LogP contribution in [0.2, 0.25) is 0 Å². The van der Waals surface area contributed by atoms with E-state index in [1.54, 1.807) is 19.1 Å². The molecule has 3 amide bonds. The van der Waals surface area contributed by atoms with Gasteiger partial charge in [0.05, 0.1) is 0 Å². The van der Waals surface area contributed by atoms with Gasteiger partial charge in [-0.05, 0) is 56.7 Å². The Morgan fingerprint density at radius 2 is 1.96 bits per heavy atom. The van der Waals surface area contributed by atoms with Crippen LogP contribution in [0.25, 0.3) is 11.8 Å². The fourth-order valence-electron chi connectivity index (χ4n) is 2.96. The monoisotopic (exact) mass is 327 g/mol. The van der Waals surface area contributed by atoms with Crippen molar-refractivity contribution in [1.29, 1.82) is 0 Å². The zero-order chi connectivity index (χ0) is 17.4. The third kappa shape index (κ3) is 2.60. The van der Waals surface area contributed by atoms with Gasteiger partial charge in [-0.1, -0.05) is 6.07 Å². The second-order valence-corrected chi connectivity index (χ2v) is 5.68. The summed E-state index contributed by atoms with van der Waals surface area (Å²) in [5.41, 5.74) is 3.54. The van der Waals surface area contributed by atoms with E-state index in [4.69, 9.17) is 0 Å². The molecule has 1 aromatic heterocycles. The molecule has 5 nitrogen and oxygen atoms in total. The van der Waals surface area contributed by atoms with Crippen molar-refractivity contribution in [2.24, 2.45) is 0 Å². The molecule has 1 N–H and O–H groups in total. The second-order valence-electron chi connectivity index (χ2n) is 5.68. The van der Waals surface area contributed by atoms with E-state index in [9.17, 15) is 14.0 Å². The number of aromatic nitrogens is 1. The average Bonchev–Trinajstić information content (AvgIpc) is 2.95. The van der Waals surface area contributed by atoms with E-state index < -0.39 is 6.03 Å². The first kappa shape index (κ1) is 16.0. The highest BCUT2D eigenvalue weighted by atomic mass is 19.1. The van der Waals surface area contributed by atoms with Crippen molar-refractivity contribution < 1.29 is 14.0 Å². The van der Waals surface area contributed by atoms with Crippen molar-refractivity contribution >= 4 is 18.0 Å². The highest BCUT2D eigenvalue weighted by molar-refractivity contribution is 6.14. The standard InChI is InChI=1S/C18H18FN3O2/c1-4-21-17(23)16(20-18(21)24)9-13-8-11(2)22(12(13)3)15-7-5-6-14(19)10-15/h5-10H,4H2,1-3H3,(H,20,24)/b16-9+. The predicted octanol–water partition coefficient (Wildman–Crippen LogP) is 3.15. The quantitative estimate of drug-likeness (QED) is 0.695. The van der Waals surface area contributed by atoms with Gasteiger partial charge in [0.2, 0.25) is 0 Å². The van der Waals surface area contributed by atoms with Crippen LogP contribution in [0.5, 0.6) is 0 Å². The fourth-order valence-corrected chi connectivity index (χ4v) is 2.96. The average molecular weight is 327 g/mol. The van der Waals surface area contributed by atoms with Crippen LogP contribution in [0.3, 0.4) is 0 Å². The number of carbonyl (C=O) groups excluding carboxylic acids is 2. The topological polar surface area (TPSA) is 54.3 Å². The van der Waals surface area contributed by atoms with Crippen LogP contribution in [0.15, 0.2) is 36.0 Å². The zero-order valence-corrected chi connectivity index (χ0v) is 13.8. The molecule has 2 heterocycles. The van der Waals surface area contributed by atoms with Crippen LogP contribution in [-0.4, -0.2) is 28.0 Å². The highest BCUT2D eigenvalue weighted by Crippen LogP contribution is 2.24. The van der Waals surface area contributed by atoms with Crippen molar-refractivity contribution in [1.82, 2.24) is 14.8 Å². The minimum absolute atomic E-state index is 0.251. The first-order chi connectivity index (χ1) is 11.4. The summed E-state index contributed by atoms with van der Waals surface area (Å²) in [6.45, 7) is 5.87. The number of rotatable bonds is 3. The van der Waals surface area contributed by atoms with Gasteiger partial charge in [-0.15, -0.1) is 0 Å². The summed E-state index contributed by atoms with van der Waals surface area (Å²) in [6, 6.07) is 7.82. The van der Waals surface area contributed by atoms with E-state index in [0.717, 1.165) is 21.9 Å². The minimum atomic E-state index is -0.410. The maximum atomic E-state index is 13.5. The maximum Gasteiger partial charge on any atom is 0.328 e. The van der Waals surface area contributed by atoms with Gasteiger partial charge in [0.15, 0.2) is 0 Å². The molecule has 2 aromatic rings. The van der Waals surface area contributed by atoms with Gasteiger partial charge in [-0.3, -0.25) is 9.69 Å². The molecule has 1 fully saturated rings. The highest BCUT2D eigenvalue weighted by Gasteiger charge is 2.32. The Bertz CT molecular complexity index is 867. The third-order valence-corrected chi connectivity index (χ3v) is 4.12. The Hall–Kier alpha value is -2.89. The lowest BCUT2D eigenvalue weighted by Gasteiger charge is -2.09. The van der Waals surface area contributed by atoms with Crippen LogP contribution < -0.4 is 5.32 Å². The van der Waals surface area contributed by atoms with Gasteiger partial charge in [-0.25, -0.2) is 9.18 Å². The molecule has 1 aromatic carbocycles. The number of urea groups is 1. The third-order valence-electron chi connectivity index (χ3n) is 4.12. The number of amides is 3. The molecule has 24 heavy (non-hydrogen) atoms. The molecule has 1 aliphatic rings. The Kier molecular flexibility index (Phi) is 3.97. The van der Waals surface area contributed by atoms with Crippen LogP contribution in [-0.2, 0) is 4.79 Å². The molecule has 1 saturated heterocycles. The number of nitrogens with one attached hydrogen (secondary N) is 1. The van der Waals surface area contributed by atoms with Gasteiger partial charge in [0, 0.05) is 23.6 Å². The molecule has 6 heteroatoms. The van der Waals surface area contributed by atoms with Gasteiger partial charge in [-0.2, -0.15) is 0 Å². The smallest absolute Gasteiger partial charge is 0.318 e. The van der Waals surface area contributed by atoms with Crippen molar-refractivity contribution in [2.45, 2.75) is 20.8 Å². The minimum Gasteiger partial charge on any atom is -0.318 e. The SMILES string of the molecule is CCN1C(=O)N/C(=C/c2cc(C)n(-c3cccc(F)c3)c2C)C1=O. The molecule has 1 aliphatic heterocycles. The number of nitrogens with zero attached hydrogens (tertiary/aromatic N) is 2. The Balaban J connectivity index is 2.03. The summed E-state index contributed by atoms with van der Waals surface area (Å²) >= 11 is 0.